The van der Waals surface area contributed by atoms with E-state index in [2.05, 4.69) is 53.6 Å². The van der Waals surface area contributed by atoms with Crippen molar-refractivity contribution < 1.29 is 4.79 Å². The van der Waals surface area contributed by atoms with Gasteiger partial charge < -0.3 is 14.9 Å². The summed E-state index contributed by atoms with van der Waals surface area (Å²) in [5.41, 5.74) is 7.25. The van der Waals surface area contributed by atoms with Crippen molar-refractivity contribution in [1.82, 2.24) is 34.7 Å². The number of fused-ring (bicyclic) bond motifs is 2. The van der Waals surface area contributed by atoms with Gasteiger partial charge in [-0.1, -0.05) is 26.8 Å². The van der Waals surface area contributed by atoms with Crippen LogP contribution in [-0.2, 0) is 4.79 Å². The van der Waals surface area contributed by atoms with Gasteiger partial charge in [0.05, 0.1) is 41.0 Å². The maximum Gasteiger partial charge on any atom is 0.229 e. The van der Waals surface area contributed by atoms with Gasteiger partial charge in [0.2, 0.25) is 5.91 Å². The molecule has 1 amide bonds. The first kappa shape index (κ1) is 22.7. The Morgan fingerprint density at radius 3 is 2.62 bits per heavy atom. The third-order valence-electron chi connectivity index (χ3n) is 6.32. The van der Waals surface area contributed by atoms with Crippen molar-refractivity contribution in [2.24, 2.45) is 5.41 Å². The number of carbonyl (C=O) groups is 1. The van der Waals surface area contributed by atoms with Crippen LogP contribution in [0.5, 0.6) is 0 Å². The average molecular weight is 491 g/mol. The number of benzene rings is 1. The highest BCUT2D eigenvalue weighted by Gasteiger charge is 2.21. The monoisotopic (exact) mass is 490 g/mol. The average Bonchev–Trinajstić information content (AvgIpc) is 3.60. The predicted molar refractivity (Wildman–Crippen MR) is 144 cm³/mol. The van der Waals surface area contributed by atoms with Crippen molar-refractivity contribution in [3.8, 4) is 28.2 Å². The van der Waals surface area contributed by atoms with Gasteiger partial charge in [0.1, 0.15) is 0 Å². The first-order valence-corrected chi connectivity index (χ1v) is 12.0. The lowest BCUT2D eigenvalue weighted by molar-refractivity contribution is -0.123. The molecule has 0 aliphatic carbocycles. The fraction of sp³-hybridized carbons (Fsp3) is 0.179. The van der Waals surface area contributed by atoms with Crippen LogP contribution in [0.2, 0.25) is 0 Å². The van der Waals surface area contributed by atoms with E-state index in [9.17, 15) is 4.79 Å². The second-order valence-corrected chi connectivity index (χ2v) is 10.2. The summed E-state index contributed by atoms with van der Waals surface area (Å²) < 4.78 is 2.03. The molecule has 5 heterocycles. The smallest absolute Gasteiger partial charge is 0.229 e. The molecule has 6 rings (SSSR count). The van der Waals surface area contributed by atoms with Crippen molar-refractivity contribution in [3.63, 3.8) is 0 Å². The number of hydrogen-bond acceptors (Lipinski definition) is 5. The lowest BCUT2D eigenvalue weighted by atomic mass is 9.95. The topological polar surface area (TPSA) is 117 Å². The summed E-state index contributed by atoms with van der Waals surface area (Å²) in [7, 11) is 0. The number of aryl methyl sites for hydroxylation is 1. The fourth-order valence-corrected chi connectivity index (χ4v) is 4.30. The molecule has 1 aromatic carbocycles. The minimum Gasteiger partial charge on any atom is -0.353 e. The van der Waals surface area contributed by atoms with E-state index in [1.807, 2.05) is 63.0 Å². The Balaban J connectivity index is 1.40. The van der Waals surface area contributed by atoms with Crippen LogP contribution >= 0.6 is 0 Å². The molecule has 0 unspecified atom stereocenters. The molecule has 0 saturated carbocycles. The molecule has 5 aromatic heterocycles. The zero-order valence-corrected chi connectivity index (χ0v) is 21.0. The Morgan fingerprint density at radius 1 is 1.00 bits per heavy atom. The SMILES string of the molecule is Cc1cn(-c2cccc3[nH]c(-c4[nH]nc5ncc(-c6cncc(NC(=O)C(C)(C)C)c6)cc45)cc23)cn1. The first-order valence-electron chi connectivity index (χ1n) is 12.0. The molecule has 0 atom stereocenters. The third-order valence-corrected chi connectivity index (χ3v) is 6.32. The van der Waals surface area contributed by atoms with E-state index in [-0.39, 0.29) is 5.91 Å². The predicted octanol–water partition coefficient (Wildman–Crippen LogP) is 5.65. The van der Waals surface area contributed by atoms with Crippen LogP contribution in [-0.4, -0.2) is 40.6 Å². The molecule has 0 aliphatic rings. The van der Waals surface area contributed by atoms with Crippen molar-refractivity contribution in [1.29, 1.82) is 0 Å². The standard InChI is InChI=1S/C28H26N8O/c1-16-14-36(15-31-16)24-7-5-6-22-20(24)10-23(33-22)25-21-9-18(12-30-26(21)35-34-25)17-8-19(13-29-11-17)32-27(37)28(2,3)4/h5-15,33H,1-4H3,(H,32,37)(H,30,34,35). The molecule has 37 heavy (non-hydrogen) atoms. The van der Waals surface area contributed by atoms with Gasteiger partial charge >= 0.3 is 0 Å². The molecule has 3 N–H and O–H groups in total. The fourth-order valence-electron chi connectivity index (χ4n) is 4.30. The van der Waals surface area contributed by atoms with Crippen LogP contribution in [0.15, 0.2) is 67.5 Å². The van der Waals surface area contributed by atoms with Gasteiger partial charge in [0.25, 0.3) is 0 Å². The van der Waals surface area contributed by atoms with Crippen LogP contribution in [0.4, 0.5) is 5.69 Å². The minimum absolute atomic E-state index is 0.0684. The number of anilines is 1. The summed E-state index contributed by atoms with van der Waals surface area (Å²) in [5, 5.41) is 12.5. The number of imidazole rings is 1. The van der Waals surface area contributed by atoms with Gasteiger partial charge in [-0.2, -0.15) is 5.10 Å². The van der Waals surface area contributed by atoms with E-state index in [1.54, 1.807) is 18.6 Å². The summed E-state index contributed by atoms with van der Waals surface area (Å²) in [6.45, 7) is 7.61. The Bertz CT molecular complexity index is 1780. The van der Waals surface area contributed by atoms with Crippen LogP contribution in [0.25, 0.3) is 50.1 Å². The van der Waals surface area contributed by atoms with Crippen LogP contribution in [0.3, 0.4) is 0 Å². The number of amides is 1. The van der Waals surface area contributed by atoms with Crippen LogP contribution in [0, 0.1) is 12.3 Å². The van der Waals surface area contributed by atoms with E-state index in [0.717, 1.165) is 50.2 Å². The lowest BCUT2D eigenvalue weighted by Gasteiger charge is -2.17. The zero-order chi connectivity index (χ0) is 25.7. The quantitative estimate of drug-likeness (QED) is 0.295. The molecule has 184 valence electrons. The van der Waals surface area contributed by atoms with Crippen LogP contribution in [0.1, 0.15) is 26.5 Å². The molecule has 0 aliphatic heterocycles. The largest absolute Gasteiger partial charge is 0.353 e. The van der Waals surface area contributed by atoms with Crippen LogP contribution < -0.4 is 5.32 Å². The van der Waals surface area contributed by atoms with Gasteiger partial charge in [-0.15, -0.1) is 0 Å². The highest BCUT2D eigenvalue weighted by molar-refractivity contribution is 5.98. The van der Waals surface area contributed by atoms with E-state index in [4.69, 9.17) is 0 Å². The number of aromatic nitrogens is 7. The Kier molecular flexibility index (Phi) is 5.15. The molecular formula is C28H26N8O. The third kappa shape index (κ3) is 4.14. The van der Waals surface area contributed by atoms with Gasteiger partial charge in [-0.25, -0.2) is 9.97 Å². The normalized spacial score (nSPS) is 11.9. The number of rotatable bonds is 4. The number of nitrogens with zero attached hydrogens (tertiary/aromatic N) is 5. The number of H-pyrrole nitrogens is 2. The van der Waals surface area contributed by atoms with Crippen molar-refractivity contribution >= 4 is 33.5 Å². The van der Waals surface area contributed by atoms with Gasteiger partial charge in [-0.05, 0) is 37.3 Å². The van der Waals surface area contributed by atoms with Crippen molar-refractivity contribution in [2.45, 2.75) is 27.7 Å². The van der Waals surface area contributed by atoms with Gasteiger partial charge in [-0.3, -0.25) is 14.9 Å². The van der Waals surface area contributed by atoms with E-state index in [0.29, 0.717) is 11.3 Å². The summed E-state index contributed by atoms with van der Waals surface area (Å²) in [4.78, 5) is 29.2. The second kappa shape index (κ2) is 8.41. The zero-order valence-electron chi connectivity index (χ0n) is 21.0. The molecule has 0 saturated heterocycles. The summed E-state index contributed by atoms with van der Waals surface area (Å²) in [5.74, 6) is -0.0684. The molecule has 0 bridgehead atoms. The van der Waals surface area contributed by atoms with E-state index >= 15 is 0 Å². The highest BCUT2D eigenvalue weighted by atomic mass is 16.2. The maximum absolute atomic E-state index is 12.4. The van der Waals surface area contributed by atoms with E-state index in [1.165, 1.54) is 0 Å². The number of carbonyl (C=O) groups excluding carboxylic acids is 1. The molecular weight excluding hydrogens is 464 g/mol. The molecule has 0 radical (unpaired) electrons. The molecule has 6 aromatic rings. The number of aromatic amines is 2. The number of hydrogen-bond donors (Lipinski definition) is 3. The van der Waals surface area contributed by atoms with Gasteiger partial charge in [0, 0.05) is 51.4 Å². The summed E-state index contributed by atoms with van der Waals surface area (Å²) >= 11 is 0. The Morgan fingerprint density at radius 2 is 1.84 bits per heavy atom. The van der Waals surface area contributed by atoms with Crippen molar-refractivity contribution in [3.05, 3.63) is 73.2 Å². The number of nitrogens with one attached hydrogen (secondary N) is 3. The molecule has 9 heteroatoms. The highest BCUT2D eigenvalue weighted by Crippen LogP contribution is 2.33. The molecule has 0 spiro atoms. The first-order chi connectivity index (χ1) is 17.8. The number of pyridine rings is 2. The lowest BCUT2D eigenvalue weighted by Crippen LogP contribution is -2.27. The minimum atomic E-state index is -0.502. The Hall–Kier alpha value is -4.79. The van der Waals surface area contributed by atoms with E-state index < -0.39 is 5.41 Å². The summed E-state index contributed by atoms with van der Waals surface area (Å²) in [6, 6.07) is 12.2. The molecule has 0 fully saturated rings. The summed E-state index contributed by atoms with van der Waals surface area (Å²) in [6.07, 6.45) is 9.01. The Labute approximate surface area is 213 Å². The second-order valence-electron chi connectivity index (χ2n) is 10.2. The van der Waals surface area contributed by atoms with Crippen molar-refractivity contribution in [2.75, 3.05) is 5.32 Å². The molecule has 9 nitrogen and oxygen atoms in total. The maximum atomic E-state index is 12.4. The van der Waals surface area contributed by atoms with Gasteiger partial charge in [0.15, 0.2) is 5.65 Å².